The zero-order valence-electron chi connectivity index (χ0n) is 12.1. The van der Waals surface area contributed by atoms with Crippen LogP contribution in [0.2, 0.25) is 39.3 Å². The van der Waals surface area contributed by atoms with Crippen LogP contribution in [-0.2, 0) is 0 Å². The lowest BCUT2D eigenvalue weighted by Crippen LogP contribution is -2.38. The maximum Gasteiger partial charge on any atom is 0.0524 e. The van der Waals surface area contributed by atoms with Crippen LogP contribution in [0.3, 0.4) is 0 Å². The quantitative estimate of drug-likeness (QED) is 0.495. The van der Waals surface area contributed by atoms with Gasteiger partial charge < -0.3 is 0 Å². The van der Waals surface area contributed by atoms with E-state index in [1.165, 1.54) is 10.6 Å². The first kappa shape index (κ1) is 13.9. The molecule has 0 radical (unpaired) electrons. The third-order valence-corrected chi connectivity index (χ3v) is 17.8. The molecular weight excluding hydrogens is 231 g/mol. The van der Waals surface area contributed by atoms with Crippen LogP contribution in [-0.4, -0.2) is 31.9 Å². The SMILES string of the molecule is CC(C)(C)P1[C@H]([Si](C)(C)C)[C@@H]1[Si](C)(C)C. The summed E-state index contributed by atoms with van der Waals surface area (Å²) in [6, 6.07) is 0. The Balaban J connectivity index is 2.91. The summed E-state index contributed by atoms with van der Waals surface area (Å²) >= 11 is 0. The van der Waals surface area contributed by atoms with Crippen molar-refractivity contribution in [1.82, 2.24) is 0 Å². The minimum atomic E-state index is -0.906. The van der Waals surface area contributed by atoms with Gasteiger partial charge >= 0.3 is 0 Å². The molecule has 3 heteroatoms. The van der Waals surface area contributed by atoms with Gasteiger partial charge in [0.25, 0.3) is 0 Å². The molecule has 1 fully saturated rings. The van der Waals surface area contributed by atoms with E-state index in [-0.39, 0.29) is 0 Å². The fourth-order valence-electron chi connectivity index (χ4n) is 2.85. The van der Waals surface area contributed by atoms with Gasteiger partial charge in [-0.25, -0.2) is 0 Å². The summed E-state index contributed by atoms with van der Waals surface area (Å²) in [5, 5.41) is 2.93. The van der Waals surface area contributed by atoms with Crippen molar-refractivity contribution in [2.75, 3.05) is 0 Å². The van der Waals surface area contributed by atoms with E-state index in [0.717, 1.165) is 0 Å². The van der Waals surface area contributed by atoms with Gasteiger partial charge in [-0.2, -0.15) is 0 Å². The molecule has 1 saturated heterocycles. The molecule has 1 heterocycles. The van der Waals surface area contributed by atoms with Crippen LogP contribution in [0.15, 0.2) is 0 Å². The molecule has 3 atom stereocenters. The van der Waals surface area contributed by atoms with E-state index < -0.39 is 16.1 Å². The second-order valence-corrected chi connectivity index (χ2v) is 23.1. The first-order valence-corrected chi connectivity index (χ1v) is 14.8. The average Bonchev–Trinajstić information content (AvgIpc) is 2.51. The molecule has 1 aliphatic heterocycles. The van der Waals surface area contributed by atoms with Gasteiger partial charge in [0.1, 0.15) is 0 Å². The summed E-state index contributed by atoms with van der Waals surface area (Å²) < 4.78 is 0. The van der Waals surface area contributed by atoms with Crippen molar-refractivity contribution in [3.8, 4) is 0 Å². The first-order chi connectivity index (χ1) is 6.37. The maximum atomic E-state index is 2.58. The van der Waals surface area contributed by atoms with Gasteiger partial charge in [-0.3, -0.25) is 0 Å². The molecule has 0 bridgehead atoms. The minimum Gasteiger partial charge on any atom is -0.0996 e. The maximum absolute atomic E-state index is 2.58. The molecule has 90 valence electrons. The molecule has 0 saturated carbocycles. The van der Waals surface area contributed by atoms with Crippen molar-refractivity contribution in [2.24, 2.45) is 0 Å². The lowest BCUT2D eigenvalue weighted by molar-refractivity contribution is 0.793. The molecular formula is C12H29PSi2. The molecule has 0 spiro atoms. The molecule has 1 aliphatic rings. The third kappa shape index (κ3) is 2.95. The zero-order valence-corrected chi connectivity index (χ0v) is 15.0. The monoisotopic (exact) mass is 260 g/mol. The summed E-state index contributed by atoms with van der Waals surface area (Å²) in [6.45, 7) is 22.9. The zero-order chi connectivity index (χ0) is 12.2. The number of rotatable bonds is 2. The number of hydrogen-bond acceptors (Lipinski definition) is 0. The Hall–Kier alpha value is 0.864. The molecule has 0 aromatic rings. The van der Waals surface area contributed by atoms with Gasteiger partial charge in [0.15, 0.2) is 0 Å². The molecule has 1 rings (SSSR count). The van der Waals surface area contributed by atoms with Gasteiger partial charge in [-0.05, 0) is 15.7 Å². The highest BCUT2D eigenvalue weighted by Gasteiger charge is 2.63. The predicted octanol–water partition coefficient (Wildman–Crippen LogP) is 4.77. The van der Waals surface area contributed by atoms with E-state index in [4.69, 9.17) is 0 Å². The topological polar surface area (TPSA) is 0 Å². The van der Waals surface area contributed by atoms with Crippen LogP contribution in [0.1, 0.15) is 20.8 Å². The molecule has 0 nitrogen and oxygen atoms in total. The first-order valence-electron chi connectivity index (χ1n) is 6.15. The van der Waals surface area contributed by atoms with E-state index >= 15 is 0 Å². The van der Waals surface area contributed by atoms with Crippen LogP contribution in [0.5, 0.6) is 0 Å². The van der Waals surface area contributed by atoms with E-state index in [0.29, 0.717) is 13.1 Å². The van der Waals surface area contributed by atoms with Gasteiger partial charge in [-0.15, -0.1) is 0 Å². The Morgan fingerprint density at radius 1 is 0.733 bits per heavy atom. The van der Waals surface area contributed by atoms with Gasteiger partial charge in [-0.1, -0.05) is 68.0 Å². The predicted molar refractivity (Wildman–Crippen MR) is 80.9 cm³/mol. The largest absolute Gasteiger partial charge is 0.0996 e. The summed E-state index contributed by atoms with van der Waals surface area (Å²) in [6.07, 6.45) is 0. The van der Waals surface area contributed by atoms with Crippen molar-refractivity contribution in [3.63, 3.8) is 0 Å². The van der Waals surface area contributed by atoms with Crippen molar-refractivity contribution in [1.29, 1.82) is 0 Å². The lowest BCUT2D eigenvalue weighted by atomic mass is 10.3. The summed E-state index contributed by atoms with van der Waals surface area (Å²) in [5.74, 6) is 0. The summed E-state index contributed by atoms with van der Waals surface area (Å²) in [5.41, 5.74) is 0. The molecule has 0 N–H and O–H groups in total. The number of hydrogen-bond donors (Lipinski definition) is 0. The van der Waals surface area contributed by atoms with E-state index in [9.17, 15) is 0 Å². The van der Waals surface area contributed by atoms with Crippen molar-refractivity contribution < 1.29 is 0 Å². The van der Waals surface area contributed by atoms with Gasteiger partial charge in [0.2, 0.25) is 0 Å². The molecule has 1 unspecified atom stereocenters. The Labute approximate surface area is 100 Å². The fraction of sp³-hybridized carbons (Fsp3) is 1.00. The Morgan fingerprint density at radius 2 is 1.00 bits per heavy atom. The Kier molecular flexibility index (Phi) is 3.42. The highest BCUT2D eigenvalue weighted by atomic mass is 31.1. The Morgan fingerprint density at radius 3 is 1.07 bits per heavy atom. The van der Waals surface area contributed by atoms with Crippen LogP contribution in [0, 0.1) is 0 Å². The van der Waals surface area contributed by atoms with Crippen LogP contribution in [0.25, 0.3) is 0 Å². The van der Waals surface area contributed by atoms with Crippen LogP contribution in [0.4, 0.5) is 0 Å². The highest BCUT2D eigenvalue weighted by molar-refractivity contribution is 7.75. The van der Waals surface area contributed by atoms with Gasteiger partial charge in [0, 0.05) is 0 Å². The minimum absolute atomic E-state index is 0.329. The van der Waals surface area contributed by atoms with Crippen molar-refractivity contribution in [3.05, 3.63) is 0 Å². The summed E-state index contributed by atoms with van der Waals surface area (Å²) in [7, 11) is -1.48. The second kappa shape index (κ2) is 3.68. The lowest BCUT2D eigenvalue weighted by Gasteiger charge is -2.23. The third-order valence-electron chi connectivity index (χ3n) is 3.36. The van der Waals surface area contributed by atoms with Crippen LogP contribution < -0.4 is 0 Å². The smallest absolute Gasteiger partial charge is 0.0524 e. The highest BCUT2D eigenvalue weighted by Crippen LogP contribution is 2.78. The van der Waals surface area contributed by atoms with E-state index in [1.807, 2.05) is 0 Å². The summed E-state index contributed by atoms with van der Waals surface area (Å²) in [4.78, 5) is 0. The molecule has 0 amide bonds. The normalized spacial score (nSPS) is 33.0. The molecule has 0 aliphatic carbocycles. The second-order valence-electron chi connectivity index (χ2n) is 8.20. The van der Waals surface area contributed by atoms with E-state index in [1.54, 1.807) is 0 Å². The Bertz CT molecular complexity index is 193. The average molecular weight is 261 g/mol. The van der Waals surface area contributed by atoms with Crippen LogP contribution >= 0.6 is 7.92 Å². The van der Waals surface area contributed by atoms with E-state index in [2.05, 4.69) is 60.1 Å². The van der Waals surface area contributed by atoms with Gasteiger partial charge in [0.05, 0.1) is 16.1 Å². The standard InChI is InChI=1S/C12H29PSi2/c1-12(2,3)13-10(14(4,5)6)11(13)15(7,8)9/h10-11H,1-9H3/t10-,11+,13?. The fourth-order valence-corrected chi connectivity index (χ4v) is 23.6. The molecule has 0 aromatic carbocycles. The van der Waals surface area contributed by atoms with Crippen molar-refractivity contribution >= 4 is 24.1 Å². The molecule has 0 aromatic heterocycles. The van der Waals surface area contributed by atoms with Crippen molar-refractivity contribution in [2.45, 2.75) is 75.8 Å². The molecule has 15 heavy (non-hydrogen) atoms.